The van der Waals surface area contributed by atoms with E-state index in [-0.39, 0.29) is 17.9 Å². The van der Waals surface area contributed by atoms with Crippen molar-refractivity contribution in [2.75, 3.05) is 11.1 Å². The quantitative estimate of drug-likeness (QED) is 0.807. The lowest BCUT2D eigenvalue weighted by molar-refractivity contribution is 0.477. The van der Waals surface area contributed by atoms with Gasteiger partial charge in [0.05, 0.1) is 24.1 Å². The molecule has 1 aromatic heterocycles. The molecule has 2 aromatic rings. The van der Waals surface area contributed by atoms with Gasteiger partial charge in [-0.25, -0.2) is 13.8 Å². The van der Waals surface area contributed by atoms with Gasteiger partial charge in [-0.15, -0.1) is 0 Å². The first kappa shape index (κ1) is 11.4. The molecule has 0 spiro atoms. The van der Waals surface area contributed by atoms with Crippen molar-refractivity contribution in [3.63, 3.8) is 0 Å². The Morgan fingerprint density at radius 3 is 2.82 bits per heavy atom. The second-order valence-electron chi connectivity index (χ2n) is 3.54. The first-order valence-electron chi connectivity index (χ1n) is 4.96. The molecule has 0 unspecified atom stereocenters. The van der Waals surface area contributed by atoms with Crippen LogP contribution in [0.4, 0.5) is 20.2 Å². The minimum atomic E-state index is -1.01. The molecule has 0 saturated carbocycles. The lowest BCUT2D eigenvalue weighted by Crippen LogP contribution is -2.06. The third-order valence-electron chi connectivity index (χ3n) is 2.21. The molecule has 0 radical (unpaired) electrons. The van der Waals surface area contributed by atoms with E-state index < -0.39 is 11.6 Å². The molecule has 0 saturated heterocycles. The second kappa shape index (κ2) is 4.40. The Labute approximate surface area is 96.5 Å². The van der Waals surface area contributed by atoms with Crippen molar-refractivity contribution in [3.8, 4) is 0 Å². The molecule has 6 heteroatoms. The Balaban J connectivity index is 2.16. The number of nitrogens with zero attached hydrogens (tertiary/aromatic N) is 1. The van der Waals surface area contributed by atoms with Gasteiger partial charge in [0.1, 0.15) is 5.76 Å². The molecule has 1 heterocycles. The van der Waals surface area contributed by atoms with Gasteiger partial charge in [0.15, 0.2) is 11.6 Å². The number of benzene rings is 1. The smallest absolute Gasteiger partial charge is 0.213 e. The number of oxazole rings is 1. The molecule has 0 aliphatic heterocycles. The van der Waals surface area contributed by atoms with Crippen molar-refractivity contribution in [2.45, 2.75) is 13.5 Å². The van der Waals surface area contributed by atoms with E-state index in [0.29, 0.717) is 11.7 Å². The number of rotatable bonds is 3. The number of aryl methyl sites for hydroxylation is 1. The summed E-state index contributed by atoms with van der Waals surface area (Å²) in [5.74, 6) is -0.932. The van der Waals surface area contributed by atoms with Crippen molar-refractivity contribution < 1.29 is 13.2 Å². The van der Waals surface area contributed by atoms with E-state index in [1.165, 1.54) is 6.07 Å². The summed E-state index contributed by atoms with van der Waals surface area (Å²) in [5, 5.41) is 2.66. The summed E-state index contributed by atoms with van der Waals surface area (Å²) in [6.07, 6.45) is 1.54. The van der Waals surface area contributed by atoms with Crippen molar-refractivity contribution >= 4 is 11.4 Å². The van der Waals surface area contributed by atoms with Crippen molar-refractivity contribution in [2.24, 2.45) is 0 Å². The number of hydrogen-bond donors (Lipinski definition) is 2. The van der Waals surface area contributed by atoms with Gasteiger partial charge >= 0.3 is 0 Å². The highest BCUT2D eigenvalue weighted by Gasteiger charge is 2.12. The molecule has 90 valence electrons. The summed E-state index contributed by atoms with van der Waals surface area (Å²) in [6, 6.07) is 2.27. The molecule has 4 nitrogen and oxygen atoms in total. The van der Waals surface area contributed by atoms with Crippen LogP contribution < -0.4 is 11.1 Å². The van der Waals surface area contributed by atoms with E-state index in [1.807, 2.05) is 0 Å². The van der Waals surface area contributed by atoms with Crippen LogP contribution in [0.2, 0.25) is 0 Å². The Morgan fingerprint density at radius 2 is 2.18 bits per heavy atom. The van der Waals surface area contributed by atoms with Crippen molar-refractivity contribution in [3.05, 3.63) is 41.6 Å². The topological polar surface area (TPSA) is 64.1 Å². The Bertz CT molecular complexity index is 540. The molecular formula is C11H11F2N3O. The van der Waals surface area contributed by atoms with Crippen molar-refractivity contribution in [1.82, 2.24) is 4.98 Å². The van der Waals surface area contributed by atoms with Gasteiger partial charge in [-0.1, -0.05) is 0 Å². The average Bonchev–Trinajstić information content (AvgIpc) is 2.70. The monoisotopic (exact) mass is 239 g/mol. The summed E-state index contributed by atoms with van der Waals surface area (Å²) in [7, 11) is 0. The van der Waals surface area contributed by atoms with E-state index in [9.17, 15) is 8.78 Å². The molecule has 0 aliphatic carbocycles. The summed E-state index contributed by atoms with van der Waals surface area (Å²) in [4.78, 5) is 3.93. The van der Waals surface area contributed by atoms with Crippen LogP contribution in [0.25, 0.3) is 0 Å². The number of nitrogens with two attached hydrogens (primary N) is 1. The van der Waals surface area contributed by atoms with Gasteiger partial charge in [-0.3, -0.25) is 0 Å². The highest BCUT2D eigenvalue weighted by atomic mass is 19.2. The van der Waals surface area contributed by atoms with Crippen LogP contribution >= 0.6 is 0 Å². The third kappa shape index (κ3) is 2.35. The first-order valence-corrected chi connectivity index (χ1v) is 4.96. The zero-order chi connectivity index (χ0) is 12.4. The maximum absolute atomic E-state index is 13.4. The molecule has 17 heavy (non-hydrogen) atoms. The fraction of sp³-hybridized carbons (Fsp3) is 0.182. The van der Waals surface area contributed by atoms with Crippen LogP contribution in [0.1, 0.15) is 11.7 Å². The SMILES string of the molecule is Cc1cnc(CNc2c(N)ccc(F)c2F)o1. The Kier molecular flexibility index (Phi) is 2.95. The first-order chi connectivity index (χ1) is 8.08. The largest absolute Gasteiger partial charge is 0.444 e. The minimum absolute atomic E-state index is 0.0825. The summed E-state index contributed by atoms with van der Waals surface area (Å²) >= 11 is 0. The van der Waals surface area contributed by atoms with Gasteiger partial charge < -0.3 is 15.5 Å². The maximum Gasteiger partial charge on any atom is 0.213 e. The van der Waals surface area contributed by atoms with Crippen LogP contribution in [0.15, 0.2) is 22.7 Å². The van der Waals surface area contributed by atoms with E-state index in [4.69, 9.17) is 10.2 Å². The Morgan fingerprint density at radius 1 is 1.41 bits per heavy atom. The highest BCUT2D eigenvalue weighted by molar-refractivity contribution is 5.66. The number of halogens is 2. The van der Waals surface area contributed by atoms with Gasteiger partial charge in [0.25, 0.3) is 0 Å². The lowest BCUT2D eigenvalue weighted by atomic mass is 10.2. The zero-order valence-electron chi connectivity index (χ0n) is 9.13. The third-order valence-corrected chi connectivity index (χ3v) is 2.21. The lowest BCUT2D eigenvalue weighted by Gasteiger charge is -2.08. The molecule has 0 atom stereocenters. The average molecular weight is 239 g/mol. The molecule has 0 fully saturated rings. The molecule has 0 bridgehead atoms. The van der Waals surface area contributed by atoms with Crippen molar-refractivity contribution in [1.29, 1.82) is 0 Å². The predicted molar refractivity (Wildman–Crippen MR) is 59.3 cm³/mol. The summed E-state index contributed by atoms with van der Waals surface area (Å²) in [5.41, 5.74) is 5.59. The van der Waals surface area contributed by atoms with Crippen LogP contribution in [0.3, 0.4) is 0 Å². The molecule has 3 N–H and O–H groups in total. The molecule has 0 amide bonds. The number of aromatic nitrogens is 1. The van der Waals surface area contributed by atoms with Gasteiger partial charge in [0.2, 0.25) is 5.89 Å². The Hall–Kier alpha value is -2.11. The second-order valence-corrected chi connectivity index (χ2v) is 3.54. The molecule has 1 aromatic carbocycles. The maximum atomic E-state index is 13.4. The number of nitrogens with one attached hydrogen (secondary N) is 1. The fourth-order valence-electron chi connectivity index (χ4n) is 1.39. The van der Waals surface area contributed by atoms with Gasteiger partial charge in [-0.05, 0) is 19.1 Å². The molecule has 2 rings (SSSR count). The van der Waals surface area contributed by atoms with E-state index in [2.05, 4.69) is 10.3 Å². The molecule has 0 aliphatic rings. The number of hydrogen-bond acceptors (Lipinski definition) is 4. The van der Waals surface area contributed by atoms with Crippen LogP contribution in [-0.4, -0.2) is 4.98 Å². The van der Waals surface area contributed by atoms with Crippen LogP contribution in [-0.2, 0) is 6.54 Å². The van der Waals surface area contributed by atoms with E-state index in [1.54, 1.807) is 13.1 Å². The molecular weight excluding hydrogens is 228 g/mol. The standard InChI is InChI=1S/C11H11F2N3O/c1-6-4-15-9(17-6)5-16-11-8(14)3-2-7(12)10(11)13/h2-4,16H,5,14H2,1H3. The summed E-state index contributed by atoms with van der Waals surface area (Å²) < 4.78 is 31.6. The van der Waals surface area contributed by atoms with E-state index >= 15 is 0 Å². The number of anilines is 2. The minimum Gasteiger partial charge on any atom is -0.444 e. The summed E-state index contributed by atoms with van der Waals surface area (Å²) in [6.45, 7) is 1.88. The van der Waals surface area contributed by atoms with Crippen LogP contribution in [0, 0.1) is 18.6 Å². The van der Waals surface area contributed by atoms with Gasteiger partial charge in [-0.2, -0.15) is 0 Å². The zero-order valence-corrected chi connectivity index (χ0v) is 9.13. The normalized spacial score (nSPS) is 10.5. The highest BCUT2D eigenvalue weighted by Crippen LogP contribution is 2.24. The van der Waals surface area contributed by atoms with E-state index in [0.717, 1.165) is 6.07 Å². The van der Waals surface area contributed by atoms with Gasteiger partial charge in [0, 0.05) is 0 Å². The fourth-order valence-corrected chi connectivity index (χ4v) is 1.39. The van der Waals surface area contributed by atoms with Crippen LogP contribution in [0.5, 0.6) is 0 Å². The number of nitrogen functional groups attached to an aromatic ring is 1. The predicted octanol–water partition coefficient (Wildman–Crippen LogP) is 2.46.